The van der Waals surface area contributed by atoms with Gasteiger partial charge in [-0.1, -0.05) is 32.0 Å². The van der Waals surface area contributed by atoms with E-state index in [4.69, 9.17) is 4.74 Å². The van der Waals surface area contributed by atoms with Gasteiger partial charge in [0.2, 0.25) is 0 Å². The summed E-state index contributed by atoms with van der Waals surface area (Å²) < 4.78 is 18.9. The van der Waals surface area contributed by atoms with Crippen LogP contribution < -0.4 is 5.32 Å². The van der Waals surface area contributed by atoms with Crippen LogP contribution in [0.5, 0.6) is 0 Å². The molecule has 0 aliphatic carbocycles. The first-order valence-corrected chi connectivity index (χ1v) is 7.30. The van der Waals surface area contributed by atoms with E-state index >= 15 is 0 Å². The largest absolute Gasteiger partial charge is 0.467 e. The summed E-state index contributed by atoms with van der Waals surface area (Å²) in [5.74, 6) is -0.909. The third-order valence-corrected chi connectivity index (χ3v) is 3.81. The molecule has 0 fully saturated rings. The van der Waals surface area contributed by atoms with Crippen LogP contribution in [0.2, 0.25) is 0 Å². The van der Waals surface area contributed by atoms with E-state index in [-0.39, 0.29) is 0 Å². The lowest BCUT2D eigenvalue weighted by Gasteiger charge is -2.30. The Hall–Kier alpha value is -1.46. The Kier molecular flexibility index (Phi) is 6.78. The molecule has 21 heavy (non-hydrogen) atoms. The molecule has 0 aromatic heterocycles. The molecule has 4 nitrogen and oxygen atoms in total. The fourth-order valence-corrected chi connectivity index (χ4v) is 2.35. The summed E-state index contributed by atoms with van der Waals surface area (Å²) in [5.41, 5.74) is -0.885. The molecular formula is C16H25FN2O2. The average Bonchev–Trinajstić information content (AvgIpc) is 2.51. The zero-order valence-corrected chi connectivity index (χ0v) is 13.3. The van der Waals surface area contributed by atoms with Gasteiger partial charge in [-0.25, -0.2) is 9.18 Å². The summed E-state index contributed by atoms with van der Waals surface area (Å²) in [5, 5.41) is 3.15. The van der Waals surface area contributed by atoms with Gasteiger partial charge >= 0.3 is 5.97 Å². The number of carbonyl (C=O) groups excluding carboxylic acids is 1. The number of nitrogens with one attached hydrogen (secondary N) is 1. The smallest absolute Gasteiger partial charge is 0.330 e. The summed E-state index contributed by atoms with van der Waals surface area (Å²) in [7, 11) is 1.31. The van der Waals surface area contributed by atoms with Crippen molar-refractivity contribution >= 4 is 5.97 Å². The van der Waals surface area contributed by atoms with Crippen molar-refractivity contribution in [2.24, 2.45) is 0 Å². The standard InChI is InChI=1S/C16H25FN2O2/c1-5-19(6-2)12-11-18-16(3,15(20)21-4)13-9-7-8-10-14(13)17/h7-10,18H,5-6,11-12H2,1-4H3. The first kappa shape index (κ1) is 17.6. The zero-order valence-electron chi connectivity index (χ0n) is 13.3. The molecule has 0 amide bonds. The fourth-order valence-electron chi connectivity index (χ4n) is 2.35. The molecule has 1 aromatic rings. The van der Waals surface area contributed by atoms with Gasteiger partial charge in [-0.15, -0.1) is 0 Å². The van der Waals surface area contributed by atoms with Crippen LogP contribution in [-0.4, -0.2) is 44.2 Å². The quantitative estimate of drug-likeness (QED) is 0.746. The van der Waals surface area contributed by atoms with Gasteiger partial charge in [-0.05, 0) is 26.1 Å². The number of halogens is 1. The lowest BCUT2D eigenvalue weighted by Crippen LogP contribution is -2.50. The Labute approximate surface area is 126 Å². The number of nitrogens with zero attached hydrogens (tertiary/aromatic N) is 1. The molecule has 0 bridgehead atoms. The van der Waals surface area contributed by atoms with Crippen LogP contribution in [0.3, 0.4) is 0 Å². The van der Waals surface area contributed by atoms with Crippen molar-refractivity contribution in [2.75, 3.05) is 33.3 Å². The number of methoxy groups -OCH3 is 1. The lowest BCUT2D eigenvalue weighted by atomic mass is 9.91. The van der Waals surface area contributed by atoms with Crippen molar-refractivity contribution in [3.63, 3.8) is 0 Å². The van der Waals surface area contributed by atoms with Crippen LogP contribution in [-0.2, 0) is 15.1 Å². The first-order chi connectivity index (χ1) is 9.99. The first-order valence-electron chi connectivity index (χ1n) is 7.30. The SMILES string of the molecule is CCN(CC)CCNC(C)(C(=O)OC)c1ccccc1F. The van der Waals surface area contributed by atoms with Crippen LogP contribution in [0.1, 0.15) is 26.3 Å². The number of esters is 1. The van der Waals surface area contributed by atoms with Gasteiger partial charge in [0, 0.05) is 18.7 Å². The molecule has 0 saturated heterocycles. The third-order valence-electron chi connectivity index (χ3n) is 3.81. The van der Waals surface area contributed by atoms with Crippen LogP contribution in [0.25, 0.3) is 0 Å². The molecule has 5 heteroatoms. The van der Waals surface area contributed by atoms with Gasteiger partial charge in [0.1, 0.15) is 11.4 Å². The molecule has 1 rings (SSSR count). The van der Waals surface area contributed by atoms with E-state index in [0.29, 0.717) is 12.1 Å². The van der Waals surface area contributed by atoms with Crippen LogP contribution in [0.15, 0.2) is 24.3 Å². The van der Waals surface area contributed by atoms with Gasteiger partial charge in [-0.3, -0.25) is 5.32 Å². The van der Waals surface area contributed by atoms with E-state index in [9.17, 15) is 9.18 Å². The van der Waals surface area contributed by atoms with Crippen molar-refractivity contribution in [3.8, 4) is 0 Å². The molecule has 118 valence electrons. The van der Waals surface area contributed by atoms with Crippen LogP contribution in [0, 0.1) is 5.82 Å². The average molecular weight is 296 g/mol. The predicted octanol–water partition coefficient (Wildman–Crippen LogP) is 2.15. The lowest BCUT2D eigenvalue weighted by molar-refractivity contribution is -0.148. The molecule has 0 radical (unpaired) electrons. The zero-order chi connectivity index (χ0) is 15.9. The maximum Gasteiger partial charge on any atom is 0.330 e. The molecule has 1 aromatic carbocycles. The van der Waals surface area contributed by atoms with Crippen LogP contribution >= 0.6 is 0 Å². The topological polar surface area (TPSA) is 41.6 Å². The van der Waals surface area contributed by atoms with E-state index < -0.39 is 17.3 Å². The van der Waals surface area contributed by atoms with E-state index in [1.165, 1.54) is 13.2 Å². The summed E-state index contributed by atoms with van der Waals surface area (Å²) >= 11 is 0. The monoisotopic (exact) mass is 296 g/mol. The van der Waals surface area contributed by atoms with Crippen molar-refractivity contribution in [1.82, 2.24) is 10.2 Å². The molecule has 1 atom stereocenters. The van der Waals surface area contributed by atoms with Gasteiger partial charge in [-0.2, -0.15) is 0 Å². The summed E-state index contributed by atoms with van der Waals surface area (Å²) in [6.45, 7) is 9.05. The maximum atomic E-state index is 14.0. The Bertz CT molecular complexity index is 463. The summed E-state index contributed by atoms with van der Waals surface area (Å²) in [6, 6.07) is 6.28. The molecule has 0 heterocycles. The van der Waals surface area contributed by atoms with E-state index in [1.807, 2.05) is 0 Å². The van der Waals surface area contributed by atoms with Crippen molar-refractivity contribution in [1.29, 1.82) is 0 Å². The Balaban J connectivity index is 2.90. The Morgan fingerprint density at radius 1 is 1.33 bits per heavy atom. The predicted molar refractivity (Wildman–Crippen MR) is 81.6 cm³/mol. The normalized spacial score (nSPS) is 14.0. The van der Waals surface area contributed by atoms with Gasteiger partial charge in [0.25, 0.3) is 0 Å². The number of likely N-dealkylation sites (N-methyl/N-ethyl adjacent to an activating group) is 1. The second-order valence-electron chi connectivity index (χ2n) is 5.05. The Morgan fingerprint density at radius 2 is 1.95 bits per heavy atom. The second-order valence-corrected chi connectivity index (χ2v) is 5.05. The highest BCUT2D eigenvalue weighted by Gasteiger charge is 2.38. The van der Waals surface area contributed by atoms with E-state index in [0.717, 1.165) is 19.6 Å². The third kappa shape index (κ3) is 4.25. The summed E-state index contributed by atoms with van der Waals surface area (Å²) in [6.07, 6.45) is 0. The van der Waals surface area contributed by atoms with Gasteiger partial charge in [0.05, 0.1) is 7.11 Å². The minimum absolute atomic E-state index is 0.302. The van der Waals surface area contributed by atoms with Gasteiger partial charge in [0.15, 0.2) is 0 Å². The summed E-state index contributed by atoms with van der Waals surface area (Å²) in [4.78, 5) is 14.4. The molecule has 0 spiro atoms. The number of carbonyl (C=O) groups is 1. The minimum Gasteiger partial charge on any atom is -0.467 e. The highest BCUT2D eigenvalue weighted by molar-refractivity contribution is 5.82. The Morgan fingerprint density at radius 3 is 2.48 bits per heavy atom. The van der Waals surface area contributed by atoms with E-state index in [2.05, 4.69) is 24.1 Å². The number of rotatable bonds is 8. The minimum atomic E-state index is -1.19. The highest BCUT2D eigenvalue weighted by Crippen LogP contribution is 2.24. The second kappa shape index (κ2) is 8.10. The number of hydrogen-bond donors (Lipinski definition) is 1. The van der Waals surface area contributed by atoms with Crippen LogP contribution in [0.4, 0.5) is 4.39 Å². The molecule has 0 aliphatic rings. The van der Waals surface area contributed by atoms with Crippen molar-refractivity contribution in [2.45, 2.75) is 26.3 Å². The van der Waals surface area contributed by atoms with Crippen molar-refractivity contribution < 1.29 is 13.9 Å². The number of ether oxygens (including phenoxy) is 1. The number of benzene rings is 1. The van der Waals surface area contributed by atoms with Crippen molar-refractivity contribution in [3.05, 3.63) is 35.6 Å². The molecule has 0 saturated carbocycles. The molecule has 1 N–H and O–H groups in total. The fraction of sp³-hybridized carbons (Fsp3) is 0.562. The number of hydrogen-bond acceptors (Lipinski definition) is 4. The molecule has 1 unspecified atom stereocenters. The maximum absolute atomic E-state index is 14.0. The van der Waals surface area contributed by atoms with E-state index in [1.54, 1.807) is 25.1 Å². The van der Waals surface area contributed by atoms with Gasteiger partial charge < -0.3 is 9.64 Å². The highest BCUT2D eigenvalue weighted by atomic mass is 19.1. The molecular weight excluding hydrogens is 271 g/mol. The molecule has 0 aliphatic heterocycles.